The molecule has 1 aliphatic carbocycles. The van der Waals surface area contributed by atoms with Crippen molar-refractivity contribution in [1.82, 2.24) is 0 Å². The molecule has 2 aromatic rings. The van der Waals surface area contributed by atoms with Gasteiger partial charge in [0.25, 0.3) is 0 Å². The second kappa shape index (κ2) is 6.27. The molecule has 0 atom stereocenters. The summed E-state index contributed by atoms with van der Waals surface area (Å²) in [7, 11) is 0. The van der Waals surface area contributed by atoms with E-state index >= 15 is 0 Å². The van der Waals surface area contributed by atoms with Crippen LogP contribution in [0.15, 0.2) is 90.7 Å². The van der Waals surface area contributed by atoms with Crippen LogP contribution in [0.2, 0.25) is 0 Å². The molecule has 2 aromatic carbocycles. The average Bonchev–Trinajstić information content (AvgIpc) is 2.78. The maximum absolute atomic E-state index is 2.30. The molecule has 0 saturated heterocycles. The van der Waals surface area contributed by atoms with Crippen molar-refractivity contribution in [1.29, 1.82) is 0 Å². The van der Waals surface area contributed by atoms with Gasteiger partial charge in [0.05, 0.1) is 0 Å². The van der Waals surface area contributed by atoms with E-state index in [1.807, 2.05) is 0 Å². The van der Waals surface area contributed by atoms with Gasteiger partial charge in [-0.05, 0) is 49.2 Å². The van der Waals surface area contributed by atoms with Gasteiger partial charge in [0.1, 0.15) is 0 Å². The summed E-state index contributed by atoms with van der Waals surface area (Å²) in [6.45, 7) is 2.13. The van der Waals surface area contributed by atoms with E-state index in [-0.39, 0.29) is 0 Å². The number of nitrogens with zero attached hydrogens (tertiary/aromatic N) is 1. The minimum atomic E-state index is 0.956. The van der Waals surface area contributed by atoms with Crippen LogP contribution in [-0.2, 0) is 0 Å². The molecule has 0 unspecified atom stereocenters. The second-order valence-electron chi connectivity index (χ2n) is 5.16. The van der Waals surface area contributed by atoms with Crippen molar-refractivity contribution >= 4 is 11.4 Å². The predicted octanol–water partition coefficient (Wildman–Crippen LogP) is 5.53. The first-order valence-corrected chi connectivity index (χ1v) is 7.30. The highest BCUT2D eigenvalue weighted by Crippen LogP contribution is 2.31. The first-order chi connectivity index (χ1) is 10.3. The van der Waals surface area contributed by atoms with Gasteiger partial charge in [0.15, 0.2) is 0 Å². The fourth-order valence-corrected chi connectivity index (χ4v) is 2.53. The Bertz CT molecular complexity index is 693. The molecule has 0 saturated carbocycles. The van der Waals surface area contributed by atoms with Crippen molar-refractivity contribution < 1.29 is 0 Å². The monoisotopic (exact) mass is 273 g/mol. The zero-order chi connectivity index (χ0) is 14.5. The lowest BCUT2D eigenvalue weighted by atomic mass is 10.1. The van der Waals surface area contributed by atoms with E-state index in [1.54, 1.807) is 0 Å². The summed E-state index contributed by atoms with van der Waals surface area (Å²) in [5.41, 5.74) is 4.85. The van der Waals surface area contributed by atoms with Crippen LogP contribution in [0, 0.1) is 6.92 Å². The second-order valence-corrected chi connectivity index (χ2v) is 5.16. The van der Waals surface area contributed by atoms with Crippen molar-refractivity contribution in [3.8, 4) is 0 Å². The van der Waals surface area contributed by atoms with E-state index in [1.165, 1.54) is 22.6 Å². The average molecular weight is 273 g/mol. The van der Waals surface area contributed by atoms with Gasteiger partial charge in [-0.15, -0.1) is 0 Å². The topological polar surface area (TPSA) is 3.24 Å². The fourth-order valence-electron chi connectivity index (χ4n) is 2.53. The molecular formula is C20H19N. The molecule has 0 heterocycles. The van der Waals surface area contributed by atoms with Gasteiger partial charge < -0.3 is 4.90 Å². The first-order valence-electron chi connectivity index (χ1n) is 7.30. The Morgan fingerprint density at radius 3 is 2.48 bits per heavy atom. The van der Waals surface area contributed by atoms with Crippen LogP contribution >= 0.6 is 0 Å². The van der Waals surface area contributed by atoms with Gasteiger partial charge in [0, 0.05) is 17.1 Å². The van der Waals surface area contributed by atoms with E-state index in [9.17, 15) is 0 Å². The predicted molar refractivity (Wildman–Crippen MR) is 90.7 cm³/mol. The third-order valence-corrected chi connectivity index (χ3v) is 3.51. The number of hydrogen-bond acceptors (Lipinski definition) is 1. The Morgan fingerprint density at radius 1 is 0.857 bits per heavy atom. The smallest absolute Gasteiger partial charge is 0.0464 e. The first kappa shape index (κ1) is 13.4. The SMILES string of the molecule is Cc1cccc(N(C2=CCC=CC=C2)c2ccccc2)c1. The van der Waals surface area contributed by atoms with Crippen LogP contribution in [0.1, 0.15) is 12.0 Å². The largest absolute Gasteiger partial charge is 0.311 e. The Hall–Kier alpha value is -2.54. The van der Waals surface area contributed by atoms with Crippen molar-refractivity contribution in [3.63, 3.8) is 0 Å². The Labute approximate surface area is 126 Å². The maximum atomic E-state index is 2.30. The molecule has 104 valence electrons. The molecule has 1 nitrogen and oxygen atoms in total. The minimum absolute atomic E-state index is 0.956. The summed E-state index contributed by atoms with van der Waals surface area (Å²) < 4.78 is 0. The highest BCUT2D eigenvalue weighted by atomic mass is 15.1. The molecule has 0 fully saturated rings. The van der Waals surface area contributed by atoms with Gasteiger partial charge in [-0.2, -0.15) is 0 Å². The summed E-state index contributed by atoms with van der Waals surface area (Å²) >= 11 is 0. The molecule has 1 aliphatic rings. The number of rotatable bonds is 3. The standard InChI is InChI=1S/C20H19N/c1-17-10-9-15-20(16-17)21(19-13-7-4-8-14-19)18-11-5-2-3-6-12-18/h2-5,7-16H,6H2,1H3. The Balaban J connectivity index is 2.09. The third-order valence-electron chi connectivity index (χ3n) is 3.51. The highest BCUT2D eigenvalue weighted by Gasteiger charge is 2.12. The van der Waals surface area contributed by atoms with E-state index in [4.69, 9.17) is 0 Å². The van der Waals surface area contributed by atoms with Crippen molar-refractivity contribution in [2.24, 2.45) is 0 Å². The molecule has 0 bridgehead atoms. The van der Waals surface area contributed by atoms with Crippen molar-refractivity contribution in [2.45, 2.75) is 13.3 Å². The summed E-state index contributed by atoms with van der Waals surface area (Å²) in [5, 5.41) is 0. The molecule has 0 N–H and O–H groups in total. The molecule has 0 amide bonds. The van der Waals surface area contributed by atoms with Gasteiger partial charge >= 0.3 is 0 Å². The molecule has 0 spiro atoms. The fraction of sp³-hybridized carbons (Fsp3) is 0.100. The van der Waals surface area contributed by atoms with Gasteiger partial charge in [-0.1, -0.05) is 54.6 Å². The number of aryl methyl sites for hydroxylation is 1. The highest BCUT2D eigenvalue weighted by molar-refractivity contribution is 5.70. The lowest BCUT2D eigenvalue weighted by Gasteiger charge is -2.26. The molecule has 0 aliphatic heterocycles. The van der Waals surface area contributed by atoms with Gasteiger partial charge in [-0.3, -0.25) is 0 Å². The molecule has 0 radical (unpaired) electrons. The number of para-hydroxylation sites is 1. The normalized spacial score (nSPS) is 13.7. The number of anilines is 2. The quantitative estimate of drug-likeness (QED) is 0.710. The van der Waals surface area contributed by atoms with Crippen molar-refractivity contribution in [2.75, 3.05) is 4.90 Å². The summed E-state index contributed by atoms with van der Waals surface area (Å²) in [6.07, 6.45) is 11.8. The summed E-state index contributed by atoms with van der Waals surface area (Å²) in [5.74, 6) is 0. The molecular weight excluding hydrogens is 254 g/mol. The van der Waals surface area contributed by atoms with Crippen LogP contribution < -0.4 is 4.90 Å². The Morgan fingerprint density at radius 2 is 1.67 bits per heavy atom. The molecule has 0 aromatic heterocycles. The van der Waals surface area contributed by atoms with Crippen molar-refractivity contribution in [3.05, 3.63) is 96.2 Å². The van der Waals surface area contributed by atoms with Gasteiger partial charge in [0.2, 0.25) is 0 Å². The zero-order valence-electron chi connectivity index (χ0n) is 12.2. The maximum Gasteiger partial charge on any atom is 0.0464 e. The zero-order valence-corrected chi connectivity index (χ0v) is 12.2. The number of hydrogen-bond donors (Lipinski definition) is 0. The van der Waals surface area contributed by atoms with Crippen LogP contribution in [0.5, 0.6) is 0 Å². The van der Waals surface area contributed by atoms with Crippen LogP contribution in [0.3, 0.4) is 0 Å². The molecule has 3 rings (SSSR count). The lowest BCUT2D eigenvalue weighted by Crippen LogP contribution is -2.15. The summed E-state index contributed by atoms with van der Waals surface area (Å²) in [6, 6.07) is 19.1. The summed E-state index contributed by atoms with van der Waals surface area (Å²) in [4.78, 5) is 2.30. The number of allylic oxidation sites excluding steroid dienone is 5. The van der Waals surface area contributed by atoms with Crippen LogP contribution in [0.4, 0.5) is 11.4 Å². The Kier molecular flexibility index (Phi) is 4.02. The van der Waals surface area contributed by atoms with E-state index in [0.717, 1.165) is 6.42 Å². The van der Waals surface area contributed by atoms with E-state index in [2.05, 4.69) is 96.8 Å². The van der Waals surface area contributed by atoms with Gasteiger partial charge in [-0.25, -0.2) is 0 Å². The van der Waals surface area contributed by atoms with Crippen LogP contribution in [-0.4, -0.2) is 0 Å². The molecule has 21 heavy (non-hydrogen) atoms. The van der Waals surface area contributed by atoms with E-state index in [0.29, 0.717) is 0 Å². The molecule has 1 heteroatoms. The lowest BCUT2D eigenvalue weighted by molar-refractivity contribution is 1.18. The third kappa shape index (κ3) is 3.14. The van der Waals surface area contributed by atoms with E-state index < -0.39 is 0 Å². The number of benzene rings is 2. The minimum Gasteiger partial charge on any atom is -0.311 e. The van der Waals surface area contributed by atoms with Crippen LogP contribution in [0.25, 0.3) is 0 Å².